The first-order valence-corrected chi connectivity index (χ1v) is 9.90. The van der Waals surface area contributed by atoms with Crippen molar-refractivity contribution in [3.05, 3.63) is 59.7 Å². The summed E-state index contributed by atoms with van der Waals surface area (Å²) in [7, 11) is -3.46. The average molecular weight is 360 g/mol. The Morgan fingerprint density at radius 3 is 2.00 bits per heavy atom. The minimum atomic E-state index is -3.46. The van der Waals surface area contributed by atoms with Crippen molar-refractivity contribution in [3.8, 4) is 0 Å². The van der Waals surface area contributed by atoms with Crippen molar-refractivity contribution >= 4 is 21.4 Å². The van der Waals surface area contributed by atoms with Gasteiger partial charge in [-0.25, -0.2) is 8.42 Å². The van der Waals surface area contributed by atoms with E-state index < -0.39 is 9.84 Å². The van der Waals surface area contributed by atoms with E-state index in [0.29, 0.717) is 6.54 Å². The number of rotatable bonds is 7. The molecule has 5 nitrogen and oxygen atoms in total. The molecule has 0 aromatic heterocycles. The van der Waals surface area contributed by atoms with E-state index in [9.17, 15) is 13.2 Å². The number of amides is 1. The van der Waals surface area contributed by atoms with E-state index >= 15 is 0 Å². The zero-order chi connectivity index (χ0) is 18.4. The molecule has 6 heteroatoms. The van der Waals surface area contributed by atoms with Crippen molar-refractivity contribution in [2.75, 3.05) is 17.3 Å². The Kier molecular flexibility index (Phi) is 6.20. The van der Waals surface area contributed by atoms with Crippen molar-refractivity contribution in [2.24, 2.45) is 0 Å². The van der Waals surface area contributed by atoms with Crippen LogP contribution in [0.5, 0.6) is 0 Å². The van der Waals surface area contributed by atoms with Crippen LogP contribution in [0.4, 0.5) is 5.69 Å². The maximum atomic E-state index is 12.3. The van der Waals surface area contributed by atoms with Crippen LogP contribution in [0, 0.1) is 13.8 Å². The third-order valence-electron chi connectivity index (χ3n) is 3.90. The van der Waals surface area contributed by atoms with E-state index in [1.54, 1.807) is 29.3 Å². The Bertz CT molecular complexity index is 813. The maximum absolute atomic E-state index is 12.3. The average Bonchev–Trinajstić information content (AvgIpc) is 2.59. The van der Waals surface area contributed by atoms with E-state index in [4.69, 9.17) is 0 Å². The number of hydrogen-bond acceptors (Lipinski definition) is 4. The Hall–Kier alpha value is -2.34. The van der Waals surface area contributed by atoms with Crippen LogP contribution in [0.25, 0.3) is 0 Å². The van der Waals surface area contributed by atoms with Gasteiger partial charge in [0.25, 0.3) is 0 Å². The Balaban J connectivity index is 1.97. The molecule has 25 heavy (non-hydrogen) atoms. The number of anilines is 1. The van der Waals surface area contributed by atoms with Crippen LogP contribution >= 0.6 is 0 Å². The molecular weight excluding hydrogens is 336 g/mol. The van der Waals surface area contributed by atoms with E-state index in [1.807, 2.05) is 45.0 Å². The zero-order valence-electron chi connectivity index (χ0n) is 14.8. The maximum Gasteiger partial charge on any atom is 0.239 e. The quantitative estimate of drug-likeness (QED) is 0.771. The summed E-state index contributed by atoms with van der Waals surface area (Å²) in [5, 5.41) is 1.71. The summed E-state index contributed by atoms with van der Waals surface area (Å²) in [6.45, 7) is 6.39. The van der Waals surface area contributed by atoms with Gasteiger partial charge < -0.3 is 0 Å². The standard InChI is InChI=1S/C19H24N2O3S/c1-4-21(17-9-5-15(2)6-10-17)20-19(22)13-14-25(23,24)18-11-7-16(3)8-12-18/h5-12H,4,13-14H2,1-3H3,(H,20,22). The number of benzene rings is 2. The predicted octanol–water partition coefficient (Wildman–Crippen LogP) is 3.02. The van der Waals surface area contributed by atoms with Crippen molar-refractivity contribution in [3.63, 3.8) is 0 Å². The fourth-order valence-electron chi connectivity index (χ4n) is 2.35. The second-order valence-corrected chi connectivity index (χ2v) is 8.11. The number of nitrogens with one attached hydrogen (secondary N) is 1. The highest BCUT2D eigenvalue weighted by atomic mass is 32.2. The SMILES string of the molecule is CCN(NC(=O)CCS(=O)(=O)c1ccc(C)cc1)c1ccc(C)cc1. The molecule has 134 valence electrons. The highest BCUT2D eigenvalue weighted by Gasteiger charge is 2.17. The smallest absolute Gasteiger partial charge is 0.239 e. The van der Waals surface area contributed by atoms with Gasteiger partial charge in [-0.1, -0.05) is 35.4 Å². The summed E-state index contributed by atoms with van der Waals surface area (Å²) in [4.78, 5) is 12.4. The largest absolute Gasteiger partial charge is 0.286 e. The first-order chi connectivity index (χ1) is 11.8. The third-order valence-corrected chi connectivity index (χ3v) is 5.63. The van der Waals surface area contributed by atoms with Gasteiger partial charge in [0.1, 0.15) is 0 Å². The Morgan fingerprint density at radius 2 is 1.48 bits per heavy atom. The predicted molar refractivity (Wildman–Crippen MR) is 100 cm³/mol. The van der Waals surface area contributed by atoms with Crippen LogP contribution in [0.3, 0.4) is 0 Å². The van der Waals surface area contributed by atoms with Gasteiger partial charge in [-0.05, 0) is 45.0 Å². The molecule has 0 aliphatic rings. The molecule has 0 bridgehead atoms. The van der Waals surface area contributed by atoms with Gasteiger partial charge in [-0.15, -0.1) is 0 Å². The highest BCUT2D eigenvalue weighted by molar-refractivity contribution is 7.91. The number of aryl methyl sites for hydroxylation is 2. The highest BCUT2D eigenvalue weighted by Crippen LogP contribution is 2.15. The van der Waals surface area contributed by atoms with Crippen molar-refractivity contribution in [2.45, 2.75) is 32.1 Å². The molecule has 0 saturated heterocycles. The number of hydrogen-bond donors (Lipinski definition) is 1. The molecule has 2 aromatic rings. The first kappa shape index (κ1) is 19.0. The molecule has 0 atom stereocenters. The molecule has 1 amide bonds. The van der Waals surface area contributed by atoms with Crippen LogP contribution in [-0.4, -0.2) is 26.6 Å². The molecule has 2 aromatic carbocycles. The molecule has 0 spiro atoms. The van der Waals surface area contributed by atoms with Gasteiger partial charge in [0.15, 0.2) is 9.84 Å². The van der Waals surface area contributed by atoms with Gasteiger partial charge >= 0.3 is 0 Å². The van der Waals surface area contributed by atoms with E-state index in [2.05, 4.69) is 5.43 Å². The molecule has 0 fully saturated rings. The monoisotopic (exact) mass is 360 g/mol. The molecule has 0 radical (unpaired) electrons. The van der Waals surface area contributed by atoms with Crippen LogP contribution in [0.15, 0.2) is 53.4 Å². The van der Waals surface area contributed by atoms with Crippen molar-refractivity contribution in [1.29, 1.82) is 0 Å². The van der Waals surface area contributed by atoms with E-state index in [0.717, 1.165) is 16.8 Å². The van der Waals surface area contributed by atoms with Gasteiger partial charge in [-0.3, -0.25) is 15.2 Å². The topological polar surface area (TPSA) is 66.5 Å². The minimum Gasteiger partial charge on any atom is -0.286 e. The fraction of sp³-hybridized carbons (Fsp3) is 0.316. The summed E-state index contributed by atoms with van der Waals surface area (Å²) >= 11 is 0. The summed E-state index contributed by atoms with van der Waals surface area (Å²) in [5.41, 5.74) is 5.76. The van der Waals surface area contributed by atoms with Crippen LogP contribution in [0.1, 0.15) is 24.5 Å². The Morgan fingerprint density at radius 1 is 0.960 bits per heavy atom. The second-order valence-electron chi connectivity index (χ2n) is 6.00. The summed E-state index contributed by atoms with van der Waals surface area (Å²) < 4.78 is 24.6. The van der Waals surface area contributed by atoms with Crippen LogP contribution in [-0.2, 0) is 14.6 Å². The summed E-state index contributed by atoms with van der Waals surface area (Å²) in [6.07, 6.45) is -0.0848. The molecule has 0 aliphatic heterocycles. The first-order valence-electron chi connectivity index (χ1n) is 8.25. The van der Waals surface area contributed by atoms with Gasteiger partial charge in [0.05, 0.1) is 16.3 Å². The normalized spacial score (nSPS) is 11.2. The summed E-state index contributed by atoms with van der Waals surface area (Å²) in [5.74, 6) is -0.536. The fourth-order valence-corrected chi connectivity index (χ4v) is 3.59. The van der Waals surface area contributed by atoms with E-state index in [1.165, 1.54) is 0 Å². The molecule has 0 aliphatic carbocycles. The van der Waals surface area contributed by atoms with Gasteiger partial charge in [0, 0.05) is 13.0 Å². The van der Waals surface area contributed by atoms with Crippen LogP contribution < -0.4 is 10.4 Å². The lowest BCUT2D eigenvalue weighted by molar-refractivity contribution is -0.120. The lowest BCUT2D eigenvalue weighted by Crippen LogP contribution is -2.42. The van der Waals surface area contributed by atoms with Crippen molar-refractivity contribution in [1.82, 2.24) is 5.43 Å². The van der Waals surface area contributed by atoms with Gasteiger partial charge in [0.2, 0.25) is 5.91 Å². The molecule has 1 N–H and O–H groups in total. The number of hydrazine groups is 1. The third kappa shape index (κ3) is 5.32. The van der Waals surface area contributed by atoms with E-state index in [-0.39, 0.29) is 23.0 Å². The zero-order valence-corrected chi connectivity index (χ0v) is 15.6. The molecule has 2 rings (SSSR count). The second kappa shape index (κ2) is 8.16. The molecule has 0 saturated carbocycles. The lowest BCUT2D eigenvalue weighted by atomic mass is 10.2. The lowest BCUT2D eigenvalue weighted by Gasteiger charge is -2.24. The number of carbonyl (C=O) groups is 1. The van der Waals surface area contributed by atoms with Gasteiger partial charge in [-0.2, -0.15) is 0 Å². The molecule has 0 heterocycles. The molecular formula is C19H24N2O3S. The number of nitrogens with zero attached hydrogens (tertiary/aromatic N) is 1. The van der Waals surface area contributed by atoms with Crippen molar-refractivity contribution < 1.29 is 13.2 Å². The number of carbonyl (C=O) groups excluding carboxylic acids is 1. The Labute approximate surface area is 149 Å². The molecule has 0 unspecified atom stereocenters. The van der Waals surface area contributed by atoms with Crippen LogP contribution in [0.2, 0.25) is 0 Å². The summed E-state index contributed by atoms with van der Waals surface area (Å²) in [6, 6.07) is 14.4. The number of sulfone groups is 1. The minimum absolute atomic E-state index is 0.0848.